The largest absolute Gasteiger partial charge is 0.497 e. The van der Waals surface area contributed by atoms with Gasteiger partial charge in [-0.15, -0.1) is 0 Å². The molecule has 6 heteroatoms. The van der Waals surface area contributed by atoms with Crippen molar-refractivity contribution < 1.29 is 14.3 Å². The standard InChI is InChI=1S/C20H17ClN2O3/c1-25-15-7-4-8-16(12-15)26-20-17(9-5-11-22-20)19(24)23-13-14-6-2-3-10-18(14)21/h2-12H,13H2,1H3,(H,23,24). The average Bonchev–Trinajstić information content (AvgIpc) is 2.68. The highest BCUT2D eigenvalue weighted by Crippen LogP contribution is 2.26. The van der Waals surface area contributed by atoms with Crippen molar-refractivity contribution in [2.24, 2.45) is 0 Å². The van der Waals surface area contributed by atoms with Gasteiger partial charge in [0.2, 0.25) is 5.88 Å². The Morgan fingerprint density at radius 3 is 2.69 bits per heavy atom. The molecule has 0 saturated carbocycles. The maximum absolute atomic E-state index is 12.6. The minimum atomic E-state index is -0.295. The number of carbonyl (C=O) groups is 1. The monoisotopic (exact) mass is 368 g/mol. The van der Waals surface area contributed by atoms with Crippen molar-refractivity contribution in [2.45, 2.75) is 6.54 Å². The number of hydrogen-bond acceptors (Lipinski definition) is 4. The van der Waals surface area contributed by atoms with Gasteiger partial charge in [-0.3, -0.25) is 4.79 Å². The molecule has 0 aliphatic carbocycles. The van der Waals surface area contributed by atoms with Crippen LogP contribution >= 0.6 is 11.6 Å². The zero-order chi connectivity index (χ0) is 18.4. The minimum Gasteiger partial charge on any atom is -0.497 e. The highest BCUT2D eigenvalue weighted by atomic mass is 35.5. The van der Waals surface area contributed by atoms with E-state index in [1.807, 2.05) is 24.3 Å². The Bertz CT molecular complexity index is 915. The summed E-state index contributed by atoms with van der Waals surface area (Å²) < 4.78 is 10.9. The molecule has 0 saturated heterocycles. The molecule has 3 aromatic rings. The minimum absolute atomic E-state index is 0.220. The second-order valence-electron chi connectivity index (χ2n) is 5.41. The lowest BCUT2D eigenvalue weighted by Crippen LogP contribution is -2.23. The van der Waals surface area contributed by atoms with Gasteiger partial charge < -0.3 is 14.8 Å². The quantitative estimate of drug-likeness (QED) is 0.697. The molecule has 26 heavy (non-hydrogen) atoms. The summed E-state index contributed by atoms with van der Waals surface area (Å²) in [7, 11) is 1.58. The molecule has 0 radical (unpaired) electrons. The van der Waals surface area contributed by atoms with E-state index < -0.39 is 0 Å². The van der Waals surface area contributed by atoms with E-state index in [4.69, 9.17) is 21.1 Å². The second-order valence-corrected chi connectivity index (χ2v) is 5.82. The van der Waals surface area contributed by atoms with E-state index in [1.54, 1.807) is 49.7 Å². The molecule has 0 unspecified atom stereocenters. The first-order valence-corrected chi connectivity index (χ1v) is 8.33. The number of aromatic nitrogens is 1. The molecule has 0 aliphatic rings. The number of benzene rings is 2. The molecule has 0 aliphatic heterocycles. The number of nitrogens with zero attached hydrogens (tertiary/aromatic N) is 1. The van der Waals surface area contributed by atoms with Crippen LogP contribution in [0.1, 0.15) is 15.9 Å². The van der Waals surface area contributed by atoms with Gasteiger partial charge in [-0.1, -0.05) is 35.9 Å². The second kappa shape index (κ2) is 8.36. The summed E-state index contributed by atoms with van der Waals surface area (Å²) in [6.07, 6.45) is 1.57. The molecule has 2 aromatic carbocycles. The van der Waals surface area contributed by atoms with Gasteiger partial charge in [0.25, 0.3) is 5.91 Å². The number of nitrogens with one attached hydrogen (secondary N) is 1. The highest BCUT2D eigenvalue weighted by molar-refractivity contribution is 6.31. The molecule has 0 bridgehead atoms. The lowest BCUT2D eigenvalue weighted by Gasteiger charge is -2.11. The molecule has 1 aromatic heterocycles. The lowest BCUT2D eigenvalue weighted by molar-refractivity contribution is 0.0948. The zero-order valence-electron chi connectivity index (χ0n) is 14.1. The molecule has 0 spiro atoms. The number of pyridine rings is 1. The normalized spacial score (nSPS) is 10.2. The Balaban J connectivity index is 1.75. The number of ether oxygens (including phenoxy) is 2. The van der Waals surface area contributed by atoms with Crippen LogP contribution in [0.5, 0.6) is 17.4 Å². The van der Waals surface area contributed by atoms with Gasteiger partial charge >= 0.3 is 0 Å². The fraction of sp³-hybridized carbons (Fsp3) is 0.100. The molecule has 132 valence electrons. The van der Waals surface area contributed by atoms with Crippen molar-refractivity contribution in [2.75, 3.05) is 7.11 Å². The van der Waals surface area contributed by atoms with E-state index in [0.717, 1.165) is 5.56 Å². The number of rotatable bonds is 6. The average molecular weight is 369 g/mol. The molecule has 5 nitrogen and oxygen atoms in total. The number of carbonyl (C=O) groups excluding carboxylic acids is 1. The molecule has 1 amide bonds. The van der Waals surface area contributed by atoms with Crippen LogP contribution < -0.4 is 14.8 Å². The van der Waals surface area contributed by atoms with Gasteiger partial charge in [0.05, 0.1) is 7.11 Å². The molecule has 3 rings (SSSR count). The van der Waals surface area contributed by atoms with Crippen molar-refractivity contribution in [1.29, 1.82) is 0 Å². The Kier molecular flexibility index (Phi) is 5.71. The molecular weight excluding hydrogens is 352 g/mol. The summed E-state index contributed by atoms with van der Waals surface area (Å²) in [5.41, 5.74) is 1.17. The zero-order valence-corrected chi connectivity index (χ0v) is 14.9. The third kappa shape index (κ3) is 4.32. The van der Waals surface area contributed by atoms with Crippen LogP contribution in [-0.4, -0.2) is 18.0 Å². The van der Waals surface area contributed by atoms with Crippen LogP contribution in [0.4, 0.5) is 0 Å². The van der Waals surface area contributed by atoms with Crippen molar-refractivity contribution in [3.63, 3.8) is 0 Å². The number of amides is 1. The van der Waals surface area contributed by atoms with E-state index >= 15 is 0 Å². The SMILES string of the molecule is COc1cccc(Oc2ncccc2C(=O)NCc2ccccc2Cl)c1. The fourth-order valence-corrected chi connectivity index (χ4v) is 2.54. The molecule has 0 atom stereocenters. The molecule has 1 N–H and O–H groups in total. The third-order valence-corrected chi connectivity index (χ3v) is 4.04. The Hall–Kier alpha value is -3.05. The number of methoxy groups -OCH3 is 1. The molecular formula is C20H17ClN2O3. The van der Waals surface area contributed by atoms with Gasteiger partial charge in [0, 0.05) is 23.8 Å². The van der Waals surface area contributed by atoms with Crippen LogP contribution in [-0.2, 0) is 6.54 Å². The van der Waals surface area contributed by atoms with Crippen LogP contribution in [0.2, 0.25) is 5.02 Å². The maximum atomic E-state index is 12.6. The van der Waals surface area contributed by atoms with Crippen molar-refractivity contribution >= 4 is 17.5 Å². The van der Waals surface area contributed by atoms with E-state index in [0.29, 0.717) is 28.6 Å². The smallest absolute Gasteiger partial charge is 0.257 e. The molecule has 0 fully saturated rings. The van der Waals surface area contributed by atoms with E-state index in [9.17, 15) is 4.79 Å². The number of halogens is 1. The van der Waals surface area contributed by atoms with Gasteiger partial charge in [-0.25, -0.2) is 4.98 Å². The molecule has 1 heterocycles. The highest BCUT2D eigenvalue weighted by Gasteiger charge is 2.14. The van der Waals surface area contributed by atoms with Gasteiger partial charge in [0.15, 0.2) is 0 Å². The first-order valence-electron chi connectivity index (χ1n) is 7.96. The summed E-state index contributed by atoms with van der Waals surface area (Å²) >= 11 is 6.12. The lowest BCUT2D eigenvalue weighted by atomic mass is 10.2. The first kappa shape index (κ1) is 17.8. The topological polar surface area (TPSA) is 60.5 Å². The van der Waals surface area contributed by atoms with Crippen molar-refractivity contribution in [3.05, 3.63) is 83.0 Å². The summed E-state index contributed by atoms with van der Waals surface area (Å²) in [5.74, 6) is 1.11. The van der Waals surface area contributed by atoms with E-state index in [2.05, 4.69) is 10.3 Å². The summed E-state index contributed by atoms with van der Waals surface area (Å²) in [6.45, 7) is 0.312. The Morgan fingerprint density at radius 1 is 1.08 bits per heavy atom. The summed E-state index contributed by atoms with van der Waals surface area (Å²) in [6, 6.07) is 17.8. The first-order chi connectivity index (χ1) is 12.7. The third-order valence-electron chi connectivity index (χ3n) is 3.67. The van der Waals surface area contributed by atoms with Crippen LogP contribution in [0.25, 0.3) is 0 Å². The van der Waals surface area contributed by atoms with Gasteiger partial charge in [-0.05, 0) is 35.9 Å². The van der Waals surface area contributed by atoms with Crippen molar-refractivity contribution in [1.82, 2.24) is 10.3 Å². The Labute approximate surface area is 156 Å². The summed E-state index contributed by atoms with van der Waals surface area (Å²) in [4.78, 5) is 16.7. The maximum Gasteiger partial charge on any atom is 0.257 e. The van der Waals surface area contributed by atoms with E-state index in [1.165, 1.54) is 0 Å². The summed E-state index contributed by atoms with van der Waals surface area (Å²) in [5, 5.41) is 3.44. The van der Waals surface area contributed by atoms with E-state index in [-0.39, 0.29) is 11.8 Å². The number of hydrogen-bond donors (Lipinski definition) is 1. The van der Waals surface area contributed by atoms with Crippen LogP contribution in [0.15, 0.2) is 66.9 Å². The van der Waals surface area contributed by atoms with Gasteiger partial charge in [0.1, 0.15) is 17.1 Å². The van der Waals surface area contributed by atoms with Crippen molar-refractivity contribution in [3.8, 4) is 17.4 Å². The van der Waals surface area contributed by atoms with Gasteiger partial charge in [-0.2, -0.15) is 0 Å². The van der Waals surface area contributed by atoms with Crippen LogP contribution in [0.3, 0.4) is 0 Å². The predicted molar refractivity (Wildman–Crippen MR) is 99.9 cm³/mol. The fourth-order valence-electron chi connectivity index (χ4n) is 2.33. The predicted octanol–water partition coefficient (Wildman–Crippen LogP) is 4.47. The van der Waals surface area contributed by atoms with Crippen LogP contribution in [0, 0.1) is 0 Å². The Morgan fingerprint density at radius 2 is 1.88 bits per heavy atom.